The van der Waals surface area contributed by atoms with Gasteiger partial charge in [0.2, 0.25) is 10.0 Å². The summed E-state index contributed by atoms with van der Waals surface area (Å²) < 4.78 is 46.9. The Morgan fingerprint density at radius 3 is 2.62 bits per heavy atom. The van der Waals surface area contributed by atoms with Crippen LogP contribution in [0.2, 0.25) is 0 Å². The molecule has 2 aliphatic rings. The van der Waals surface area contributed by atoms with Crippen molar-refractivity contribution < 1.29 is 22.3 Å². The van der Waals surface area contributed by atoms with Crippen LogP contribution in [0.3, 0.4) is 0 Å². The summed E-state index contributed by atoms with van der Waals surface area (Å²) in [6, 6.07) is 10.1. The van der Waals surface area contributed by atoms with E-state index in [0.29, 0.717) is 39.0 Å². The summed E-state index contributed by atoms with van der Waals surface area (Å²) >= 11 is 1.25. The maximum absolute atomic E-state index is 16.1. The zero-order valence-electron chi connectivity index (χ0n) is 25.3. The lowest BCUT2D eigenvalue weighted by atomic mass is 10.1. The number of fused-ring (bicyclic) bond motifs is 1. The second-order valence-corrected chi connectivity index (χ2v) is 14.2. The molecule has 0 amide bonds. The number of anilines is 3. The van der Waals surface area contributed by atoms with Crippen LogP contribution in [-0.2, 0) is 19.6 Å². The molecule has 0 spiro atoms. The molecule has 3 aromatic heterocycles. The number of ether oxygens (including phenoxy) is 1. The molecule has 4 aromatic rings. The first-order valence-corrected chi connectivity index (χ1v) is 17.2. The van der Waals surface area contributed by atoms with Crippen LogP contribution in [-0.4, -0.2) is 79.2 Å². The Bertz CT molecular complexity index is 1940. The highest BCUT2D eigenvalue weighted by molar-refractivity contribution is 7.88. The summed E-state index contributed by atoms with van der Waals surface area (Å²) in [6.07, 6.45) is 4.73. The van der Waals surface area contributed by atoms with Gasteiger partial charge in [-0.25, -0.2) is 27.6 Å². The Kier molecular flexibility index (Phi) is 8.19. The van der Waals surface area contributed by atoms with Gasteiger partial charge in [-0.15, -0.1) is 0 Å². The highest BCUT2D eigenvalue weighted by Crippen LogP contribution is 2.45. The fourth-order valence-corrected chi connectivity index (χ4v) is 7.46. The number of esters is 1. The molecule has 0 N–H and O–H groups in total. The summed E-state index contributed by atoms with van der Waals surface area (Å²) in [6.45, 7) is 4.48. The molecule has 2 fully saturated rings. The van der Waals surface area contributed by atoms with Crippen molar-refractivity contribution in [1.82, 2.24) is 19.3 Å². The van der Waals surface area contributed by atoms with Crippen molar-refractivity contribution in [3.8, 4) is 17.3 Å². The second-order valence-electron chi connectivity index (χ2n) is 11.2. The number of nitriles is 1. The third kappa shape index (κ3) is 5.95. The zero-order chi connectivity index (χ0) is 32.0. The van der Waals surface area contributed by atoms with Crippen molar-refractivity contribution in [2.45, 2.75) is 38.6 Å². The summed E-state index contributed by atoms with van der Waals surface area (Å²) in [5, 5.41) is 11.1. The number of aryl methyl sites for hydroxylation is 1. The molecule has 1 saturated carbocycles. The number of thiazole rings is 1. The molecule has 45 heavy (non-hydrogen) atoms. The molecule has 1 unspecified atom stereocenters. The Morgan fingerprint density at radius 1 is 1.22 bits per heavy atom. The van der Waals surface area contributed by atoms with Gasteiger partial charge in [-0.2, -0.15) is 9.57 Å². The number of halogens is 1. The SMILES string of the molecule is CCN(c1nc(-c2ccc(C)nc2)c(C#N)s1)c1cc(C2CC2)nc2c(F)cc(N3CCN(S(C)(=O)=O)CC3C(=O)OC)cc12. The largest absolute Gasteiger partial charge is 0.467 e. The molecule has 1 saturated heterocycles. The lowest BCUT2D eigenvalue weighted by Crippen LogP contribution is -2.58. The molecular weight excluding hydrogens is 618 g/mol. The third-order valence-electron chi connectivity index (χ3n) is 8.20. The van der Waals surface area contributed by atoms with Crippen LogP contribution in [0, 0.1) is 24.1 Å². The number of hydrogen-bond donors (Lipinski definition) is 0. The van der Waals surface area contributed by atoms with Gasteiger partial charge < -0.3 is 14.5 Å². The van der Waals surface area contributed by atoms with E-state index in [1.807, 2.05) is 36.9 Å². The van der Waals surface area contributed by atoms with E-state index in [1.54, 1.807) is 17.2 Å². The molecule has 0 bridgehead atoms. The van der Waals surface area contributed by atoms with Gasteiger partial charge in [0.15, 0.2) is 10.9 Å². The molecular formula is C31H32FN7O4S2. The number of rotatable bonds is 8. The van der Waals surface area contributed by atoms with E-state index in [2.05, 4.69) is 11.1 Å². The molecule has 1 aliphatic heterocycles. The lowest BCUT2D eigenvalue weighted by Gasteiger charge is -2.40. The number of piperazine rings is 1. The molecule has 1 atom stereocenters. The molecule has 6 rings (SSSR count). The van der Waals surface area contributed by atoms with E-state index < -0.39 is 27.9 Å². The minimum atomic E-state index is -3.56. The van der Waals surface area contributed by atoms with Crippen LogP contribution in [0.15, 0.2) is 36.5 Å². The summed E-state index contributed by atoms with van der Waals surface area (Å²) in [7, 11) is -2.32. The quantitative estimate of drug-likeness (QED) is 0.247. The third-order valence-corrected chi connectivity index (χ3v) is 10.5. The number of nitrogens with zero attached hydrogens (tertiary/aromatic N) is 7. The number of carbonyl (C=O) groups is 1. The van der Waals surface area contributed by atoms with E-state index in [4.69, 9.17) is 14.7 Å². The zero-order valence-corrected chi connectivity index (χ0v) is 27.0. The van der Waals surface area contributed by atoms with Crippen molar-refractivity contribution in [2.75, 3.05) is 49.3 Å². The lowest BCUT2D eigenvalue weighted by molar-refractivity contribution is -0.142. The van der Waals surface area contributed by atoms with Gasteiger partial charge in [0.25, 0.3) is 0 Å². The predicted molar refractivity (Wildman–Crippen MR) is 171 cm³/mol. The molecule has 0 radical (unpaired) electrons. The highest BCUT2D eigenvalue weighted by Gasteiger charge is 2.37. The van der Waals surface area contributed by atoms with Crippen LogP contribution in [0.4, 0.5) is 20.9 Å². The maximum Gasteiger partial charge on any atom is 0.329 e. The van der Waals surface area contributed by atoms with Crippen LogP contribution >= 0.6 is 11.3 Å². The standard InChI is InChI=1S/C31H32FN7O4S2/c1-5-38(31-36-28(27(15-33)44-31)20-7-6-18(2)34-16-20)25-14-24(19-8-9-19)35-29-22(25)12-21(13-23(29)32)39-11-10-37(45(4,41)42)17-26(39)30(40)43-3/h6-7,12-14,16,19,26H,5,8-11,17H2,1-4H3. The molecule has 14 heteroatoms. The second kappa shape index (κ2) is 12.0. The topological polar surface area (TPSA) is 133 Å². The van der Waals surface area contributed by atoms with E-state index >= 15 is 4.39 Å². The number of hydrogen-bond acceptors (Lipinski definition) is 11. The van der Waals surface area contributed by atoms with Crippen molar-refractivity contribution in [1.29, 1.82) is 5.26 Å². The molecule has 11 nitrogen and oxygen atoms in total. The Balaban J connectivity index is 1.49. The summed E-state index contributed by atoms with van der Waals surface area (Å²) in [5.41, 5.74) is 4.18. The minimum absolute atomic E-state index is 0.120. The Labute approximate surface area is 264 Å². The number of carbonyl (C=O) groups excluding carboxylic acids is 1. The summed E-state index contributed by atoms with van der Waals surface area (Å²) in [5.74, 6) is -0.940. The fourth-order valence-electron chi connectivity index (χ4n) is 5.67. The van der Waals surface area contributed by atoms with Crippen molar-refractivity contribution in [2.24, 2.45) is 0 Å². The van der Waals surface area contributed by atoms with Crippen LogP contribution in [0.25, 0.3) is 22.2 Å². The van der Waals surface area contributed by atoms with Gasteiger partial charge in [-0.3, -0.25) is 4.98 Å². The Morgan fingerprint density at radius 2 is 2.00 bits per heavy atom. The number of pyridine rings is 2. The summed E-state index contributed by atoms with van der Waals surface area (Å²) in [4.78, 5) is 30.9. The minimum Gasteiger partial charge on any atom is -0.467 e. The van der Waals surface area contributed by atoms with Crippen LogP contribution in [0.5, 0.6) is 0 Å². The smallest absolute Gasteiger partial charge is 0.329 e. The highest BCUT2D eigenvalue weighted by atomic mass is 32.2. The van der Waals surface area contributed by atoms with E-state index in [-0.39, 0.29) is 31.1 Å². The first-order chi connectivity index (χ1) is 21.5. The number of methoxy groups -OCH3 is 1. The molecule has 1 aliphatic carbocycles. The van der Waals surface area contributed by atoms with Crippen molar-refractivity contribution >= 4 is 54.7 Å². The van der Waals surface area contributed by atoms with Gasteiger partial charge in [0.1, 0.15) is 28.2 Å². The van der Waals surface area contributed by atoms with Gasteiger partial charge >= 0.3 is 5.97 Å². The Hall–Kier alpha value is -4.19. The number of aromatic nitrogens is 3. The van der Waals surface area contributed by atoms with Crippen LogP contribution < -0.4 is 9.80 Å². The number of benzene rings is 1. The maximum atomic E-state index is 16.1. The van der Waals surface area contributed by atoms with Gasteiger partial charge in [-0.05, 0) is 57.0 Å². The fraction of sp³-hybridized carbons (Fsp3) is 0.387. The van der Waals surface area contributed by atoms with Crippen molar-refractivity contribution in [3.05, 3.63) is 58.6 Å². The van der Waals surface area contributed by atoms with Gasteiger partial charge in [0.05, 0.1) is 19.1 Å². The number of sulfonamides is 1. The molecule has 4 heterocycles. The first kappa shape index (κ1) is 30.8. The first-order valence-electron chi connectivity index (χ1n) is 14.6. The monoisotopic (exact) mass is 649 g/mol. The van der Waals surface area contributed by atoms with E-state index in [0.717, 1.165) is 36.0 Å². The predicted octanol–water partition coefficient (Wildman–Crippen LogP) is 4.73. The van der Waals surface area contributed by atoms with Crippen LogP contribution in [0.1, 0.15) is 41.9 Å². The van der Waals surface area contributed by atoms with E-state index in [9.17, 15) is 18.5 Å². The van der Waals surface area contributed by atoms with E-state index in [1.165, 1.54) is 28.8 Å². The normalized spacial score (nSPS) is 17.3. The van der Waals surface area contributed by atoms with Gasteiger partial charge in [-0.1, -0.05) is 11.3 Å². The molecule has 1 aromatic carbocycles. The molecule has 234 valence electrons. The average molecular weight is 650 g/mol. The van der Waals surface area contributed by atoms with Crippen molar-refractivity contribution in [3.63, 3.8) is 0 Å². The van der Waals surface area contributed by atoms with Gasteiger partial charge in [0, 0.05) is 66.3 Å². The average Bonchev–Trinajstić information content (AvgIpc) is 3.80.